The van der Waals surface area contributed by atoms with Crippen LogP contribution in [0.25, 0.3) is 0 Å². The van der Waals surface area contributed by atoms with E-state index in [2.05, 4.69) is 10.6 Å². The molecule has 1 fully saturated rings. The molecule has 1 aliphatic rings. The number of hydrogen-bond donors (Lipinski definition) is 2. The zero-order valence-electron chi connectivity index (χ0n) is 11.4. The fourth-order valence-corrected chi connectivity index (χ4v) is 1.49. The van der Waals surface area contributed by atoms with Crippen LogP contribution >= 0.6 is 0 Å². The van der Waals surface area contributed by atoms with Crippen LogP contribution < -0.4 is 10.6 Å². The third-order valence-corrected chi connectivity index (χ3v) is 2.36. The van der Waals surface area contributed by atoms with Gasteiger partial charge in [0.1, 0.15) is 6.04 Å². The van der Waals surface area contributed by atoms with Crippen molar-refractivity contribution in [2.45, 2.75) is 45.4 Å². The summed E-state index contributed by atoms with van der Waals surface area (Å²) in [5, 5.41) is 5.42. The van der Waals surface area contributed by atoms with Gasteiger partial charge in [0.25, 0.3) is 5.91 Å². The second-order valence-corrected chi connectivity index (χ2v) is 5.40. The highest BCUT2D eigenvalue weighted by Crippen LogP contribution is 2.02. The molecule has 1 aliphatic heterocycles. The van der Waals surface area contributed by atoms with E-state index in [4.69, 9.17) is 9.47 Å². The van der Waals surface area contributed by atoms with Crippen molar-refractivity contribution in [2.75, 3.05) is 19.8 Å². The van der Waals surface area contributed by atoms with Crippen LogP contribution in [0.3, 0.4) is 0 Å². The van der Waals surface area contributed by atoms with E-state index in [1.807, 2.05) is 20.8 Å². The third-order valence-electron chi connectivity index (χ3n) is 2.36. The molecule has 2 unspecified atom stereocenters. The molecule has 0 aromatic carbocycles. The number of nitrogens with one attached hydrogen (secondary N) is 2. The van der Waals surface area contributed by atoms with E-state index in [-0.39, 0.29) is 24.0 Å². The van der Waals surface area contributed by atoms with Gasteiger partial charge in [-0.25, -0.2) is 0 Å². The molecule has 2 amide bonds. The van der Waals surface area contributed by atoms with Crippen molar-refractivity contribution in [1.29, 1.82) is 0 Å². The van der Waals surface area contributed by atoms with Crippen LogP contribution in [0, 0.1) is 0 Å². The molecule has 0 saturated carbocycles. The Morgan fingerprint density at radius 2 is 1.94 bits per heavy atom. The Hall–Kier alpha value is -1.14. The van der Waals surface area contributed by atoms with Crippen molar-refractivity contribution in [3.05, 3.63) is 0 Å². The van der Waals surface area contributed by atoms with Gasteiger partial charge in [0.15, 0.2) is 6.10 Å². The Kier molecular flexibility index (Phi) is 5.10. The fourth-order valence-electron chi connectivity index (χ4n) is 1.49. The molecule has 0 aliphatic carbocycles. The van der Waals surface area contributed by atoms with E-state index in [9.17, 15) is 9.59 Å². The minimum Gasteiger partial charge on any atom is -0.376 e. The number of carbonyl (C=O) groups excluding carboxylic acids is 2. The Morgan fingerprint density at radius 3 is 2.44 bits per heavy atom. The van der Waals surface area contributed by atoms with Gasteiger partial charge in [0.2, 0.25) is 5.91 Å². The lowest BCUT2D eigenvalue weighted by Crippen LogP contribution is -2.53. The van der Waals surface area contributed by atoms with Gasteiger partial charge in [-0.1, -0.05) is 0 Å². The summed E-state index contributed by atoms with van der Waals surface area (Å²) in [6.07, 6.45) is -0.622. The molecule has 1 heterocycles. The maximum absolute atomic E-state index is 11.8. The lowest BCUT2D eigenvalue weighted by atomic mass is 10.1. The lowest BCUT2D eigenvalue weighted by Gasteiger charge is -2.26. The van der Waals surface area contributed by atoms with Crippen LogP contribution in [0.15, 0.2) is 0 Å². The maximum atomic E-state index is 11.8. The van der Waals surface area contributed by atoms with Crippen LogP contribution in [0.5, 0.6) is 0 Å². The summed E-state index contributed by atoms with van der Waals surface area (Å²) >= 11 is 0. The minimum atomic E-state index is -0.622. The van der Waals surface area contributed by atoms with E-state index in [1.165, 1.54) is 0 Å². The maximum Gasteiger partial charge on any atom is 0.252 e. The lowest BCUT2D eigenvalue weighted by molar-refractivity contribution is -0.149. The van der Waals surface area contributed by atoms with Crippen molar-refractivity contribution in [2.24, 2.45) is 0 Å². The predicted molar refractivity (Wildman–Crippen MR) is 66.1 cm³/mol. The summed E-state index contributed by atoms with van der Waals surface area (Å²) in [6.45, 7) is 8.44. The summed E-state index contributed by atoms with van der Waals surface area (Å²) in [7, 11) is 0. The molecule has 0 radical (unpaired) electrons. The van der Waals surface area contributed by atoms with Gasteiger partial charge < -0.3 is 20.1 Å². The number of hydrogen-bond acceptors (Lipinski definition) is 4. The standard InChI is InChI=1S/C12H22N2O4/c1-8(10(15)14-12(2,3)4)13-11(16)9-7-17-5-6-18-9/h8-9H,5-7H2,1-4H3,(H,13,16)(H,14,15). The van der Waals surface area contributed by atoms with Crippen molar-refractivity contribution >= 4 is 11.8 Å². The topological polar surface area (TPSA) is 76.7 Å². The zero-order valence-corrected chi connectivity index (χ0v) is 11.4. The summed E-state index contributed by atoms with van der Waals surface area (Å²) < 4.78 is 10.4. The monoisotopic (exact) mass is 258 g/mol. The summed E-state index contributed by atoms with van der Waals surface area (Å²) in [5.41, 5.74) is -0.319. The van der Waals surface area contributed by atoms with Gasteiger partial charge in [-0.3, -0.25) is 9.59 Å². The Labute approximate surface area is 107 Å². The average molecular weight is 258 g/mol. The van der Waals surface area contributed by atoms with Gasteiger partial charge in [-0.2, -0.15) is 0 Å². The molecule has 2 N–H and O–H groups in total. The van der Waals surface area contributed by atoms with E-state index < -0.39 is 12.1 Å². The van der Waals surface area contributed by atoms with Crippen molar-refractivity contribution in [3.8, 4) is 0 Å². The molecule has 1 rings (SSSR count). The first kappa shape index (κ1) is 14.9. The van der Waals surface area contributed by atoms with E-state index >= 15 is 0 Å². The highest BCUT2D eigenvalue weighted by atomic mass is 16.6. The summed E-state index contributed by atoms with van der Waals surface area (Å²) in [6, 6.07) is -0.595. The van der Waals surface area contributed by atoms with Gasteiger partial charge in [0, 0.05) is 5.54 Å². The second kappa shape index (κ2) is 6.15. The molecule has 104 valence electrons. The Bertz CT molecular complexity index is 306. The first-order chi connectivity index (χ1) is 8.29. The van der Waals surface area contributed by atoms with E-state index in [1.54, 1.807) is 6.92 Å². The zero-order chi connectivity index (χ0) is 13.8. The molecule has 1 saturated heterocycles. The van der Waals surface area contributed by atoms with Crippen LogP contribution in [0.2, 0.25) is 0 Å². The molecule has 0 spiro atoms. The summed E-state index contributed by atoms with van der Waals surface area (Å²) in [5.74, 6) is -0.529. The minimum absolute atomic E-state index is 0.215. The molecule has 6 heteroatoms. The normalized spacial score (nSPS) is 22.1. The van der Waals surface area contributed by atoms with Crippen molar-refractivity contribution < 1.29 is 19.1 Å². The fraction of sp³-hybridized carbons (Fsp3) is 0.833. The van der Waals surface area contributed by atoms with Crippen LogP contribution in [-0.2, 0) is 19.1 Å². The van der Waals surface area contributed by atoms with Gasteiger partial charge in [0.05, 0.1) is 19.8 Å². The quantitative estimate of drug-likeness (QED) is 0.736. The first-order valence-electron chi connectivity index (χ1n) is 6.11. The Balaban J connectivity index is 2.41. The highest BCUT2D eigenvalue weighted by molar-refractivity contribution is 5.89. The highest BCUT2D eigenvalue weighted by Gasteiger charge is 2.26. The Morgan fingerprint density at radius 1 is 1.28 bits per heavy atom. The SMILES string of the molecule is CC(NC(=O)C1COCCO1)C(=O)NC(C)(C)C. The molecule has 0 aromatic rings. The van der Waals surface area contributed by atoms with E-state index in [0.717, 1.165) is 0 Å². The number of amides is 2. The molecular weight excluding hydrogens is 236 g/mol. The molecule has 0 aromatic heterocycles. The van der Waals surface area contributed by atoms with E-state index in [0.29, 0.717) is 13.2 Å². The van der Waals surface area contributed by atoms with Gasteiger partial charge in [-0.15, -0.1) is 0 Å². The van der Waals surface area contributed by atoms with Crippen LogP contribution in [0.1, 0.15) is 27.7 Å². The molecular formula is C12H22N2O4. The number of rotatable bonds is 3. The first-order valence-corrected chi connectivity index (χ1v) is 6.11. The molecule has 0 bridgehead atoms. The molecule has 2 atom stereocenters. The second-order valence-electron chi connectivity index (χ2n) is 5.40. The predicted octanol–water partition coefficient (Wildman–Crippen LogP) is -0.179. The number of ether oxygens (including phenoxy) is 2. The van der Waals surface area contributed by atoms with Gasteiger partial charge in [-0.05, 0) is 27.7 Å². The van der Waals surface area contributed by atoms with Crippen LogP contribution in [-0.4, -0.2) is 49.3 Å². The van der Waals surface area contributed by atoms with Crippen molar-refractivity contribution in [1.82, 2.24) is 10.6 Å². The molecule has 18 heavy (non-hydrogen) atoms. The van der Waals surface area contributed by atoms with Crippen LogP contribution in [0.4, 0.5) is 0 Å². The average Bonchev–Trinajstić information content (AvgIpc) is 2.27. The smallest absolute Gasteiger partial charge is 0.252 e. The number of carbonyl (C=O) groups is 2. The largest absolute Gasteiger partial charge is 0.376 e. The third kappa shape index (κ3) is 5.01. The summed E-state index contributed by atoms with van der Waals surface area (Å²) in [4.78, 5) is 23.6. The van der Waals surface area contributed by atoms with Gasteiger partial charge >= 0.3 is 0 Å². The molecule has 6 nitrogen and oxygen atoms in total. The van der Waals surface area contributed by atoms with Crippen molar-refractivity contribution in [3.63, 3.8) is 0 Å².